The number of methoxy groups -OCH3 is 1. The topological polar surface area (TPSA) is 99.3 Å². The number of benzene rings is 2. The molecule has 1 saturated heterocycles. The molecule has 1 aliphatic heterocycles. The zero-order chi connectivity index (χ0) is 31.2. The van der Waals surface area contributed by atoms with Crippen LogP contribution in [0, 0.1) is 0 Å². The van der Waals surface area contributed by atoms with Crippen molar-refractivity contribution in [3.8, 4) is 5.75 Å². The first-order valence-electron chi connectivity index (χ1n) is 14.0. The Morgan fingerprint density at radius 3 is 2.21 bits per heavy atom. The number of guanidine groups is 1. The van der Waals surface area contributed by atoms with Crippen LogP contribution in [0.3, 0.4) is 0 Å². The zero-order valence-corrected chi connectivity index (χ0v) is 26.5. The Morgan fingerprint density at radius 2 is 1.71 bits per heavy atom. The number of rotatable bonds is 10. The van der Waals surface area contributed by atoms with E-state index in [1.807, 2.05) is 84.2 Å². The Hall–Kier alpha value is -3.96. The molecule has 0 bridgehead atoms. The second kappa shape index (κ2) is 13.8. The summed E-state index contributed by atoms with van der Waals surface area (Å²) in [4.78, 5) is 28.0. The van der Waals surface area contributed by atoms with Gasteiger partial charge >= 0.3 is 6.09 Å². The molecule has 1 aliphatic rings. The smallest absolute Gasteiger partial charge is 0.422 e. The number of ether oxygens (including phenoxy) is 3. The third kappa shape index (κ3) is 7.46. The van der Waals surface area contributed by atoms with Gasteiger partial charge in [0.25, 0.3) is 0 Å². The lowest BCUT2D eigenvalue weighted by molar-refractivity contribution is 0.0118. The first kappa shape index (κ1) is 32.6. The summed E-state index contributed by atoms with van der Waals surface area (Å²) in [5.41, 5.74) is 9.25. The van der Waals surface area contributed by atoms with Crippen LogP contribution in [0.2, 0.25) is 0 Å². The molecule has 0 aliphatic carbocycles. The molecule has 2 aromatic carbocycles. The van der Waals surface area contributed by atoms with Crippen LogP contribution < -0.4 is 30.1 Å². The summed E-state index contributed by atoms with van der Waals surface area (Å²) in [5.74, 6) is 0.765. The van der Waals surface area contributed by atoms with Gasteiger partial charge in [0, 0.05) is 40.3 Å². The van der Waals surface area contributed by atoms with E-state index in [9.17, 15) is 4.79 Å². The van der Waals surface area contributed by atoms with Crippen LogP contribution in [-0.2, 0) is 9.47 Å². The SMILES string of the molecule is C=CN(c1ccccc1N(C)C(=NC)N(C(=O)OC(C)(C)C)c1cc(N)c(N(C)CCN(C)C)cc1OC)C1COC1. The second-order valence-electron chi connectivity index (χ2n) is 11.5. The molecule has 230 valence electrons. The lowest BCUT2D eigenvalue weighted by Gasteiger charge is -2.39. The number of hydrogen-bond donors (Lipinski definition) is 1. The highest BCUT2D eigenvalue weighted by Crippen LogP contribution is 2.40. The standard InChI is InChI=1S/C31H47N7O4/c1-11-37(22-20-41-21-22)25-15-13-12-14-24(25)36(9)29(33-5)38(30(39)42-31(2,3)4)27-18-23(32)26(19-28(27)40-10)35(8)17-16-34(6)7/h11-15,18-19,22H,1,16-17,20-21,32H2,2-10H3. The summed E-state index contributed by atoms with van der Waals surface area (Å²) in [6.45, 7) is 12.3. The molecule has 0 aromatic heterocycles. The number of nitrogens with two attached hydrogens (primary N) is 1. The molecule has 0 spiro atoms. The highest BCUT2D eigenvalue weighted by molar-refractivity contribution is 6.21. The zero-order valence-electron chi connectivity index (χ0n) is 26.5. The second-order valence-corrected chi connectivity index (χ2v) is 11.5. The number of likely N-dealkylation sites (N-methyl/N-ethyl adjacent to an activating group) is 2. The predicted octanol–water partition coefficient (Wildman–Crippen LogP) is 4.49. The average molecular weight is 582 g/mol. The molecule has 1 fully saturated rings. The van der Waals surface area contributed by atoms with Crippen LogP contribution in [0.4, 0.5) is 33.2 Å². The van der Waals surface area contributed by atoms with Gasteiger partial charge in [0.1, 0.15) is 11.4 Å². The molecule has 0 atom stereocenters. The molecule has 2 N–H and O–H groups in total. The highest BCUT2D eigenvalue weighted by atomic mass is 16.6. The van der Waals surface area contributed by atoms with E-state index in [1.165, 1.54) is 4.90 Å². The molecule has 0 saturated carbocycles. The van der Waals surface area contributed by atoms with E-state index in [4.69, 9.17) is 19.9 Å². The number of carbonyl (C=O) groups is 1. The summed E-state index contributed by atoms with van der Waals surface area (Å²) >= 11 is 0. The van der Waals surface area contributed by atoms with E-state index in [1.54, 1.807) is 26.4 Å². The lowest BCUT2D eigenvalue weighted by Crippen LogP contribution is -2.50. The summed E-state index contributed by atoms with van der Waals surface area (Å²) in [7, 11) is 11.1. The van der Waals surface area contributed by atoms with Gasteiger partial charge in [-0.05, 0) is 59.3 Å². The van der Waals surface area contributed by atoms with E-state index in [2.05, 4.69) is 26.3 Å². The first-order chi connectivity index (χ1) is 19.8. The minimum atomic E-state index is -0.764. The Labute approximate surface area is 250 Å². The van der Waals surface area contributed by atoms with Crippen LogP contribution in [0.15, 0.2) is 54.2 Å². The molecular formula is C31H47N7O4. The lowest BCUT2D eigenvalue weighted by atomic mass is 10.1. The maximum absolute atomic E-state index is 14.0. The number of nitrogen functional groups attached to an aromatic ring is 1. The van der Waals surface area contributed by atoms with Gasteiger partial charge < -0.3 is 39.5 Å². The largest absolute Gasteiger partial charge is 0.494 e. The van der Waals surface area contributed by atoms with E-state index >= 15 is 0 Å². The quantitative estimate of drug-likeness (QED) is 0.247. The minimum absolute atomic E-state index is 0.165. The predicted molar refractivity (Wildman–Crippen MR) is 173 cm³/mol. The number of para-hydroxylation sites is 2. The number of carbonyl (C=O) groups excluding carboxylic acids is 1. The van der Waals surface area contributed by atoms with Crippen molar-refractivity contribution in [3.05, 3.63) is 49.2 Å². The van der Waals surface area contributed by atoms with Gasteiger partial charge in [-0.15, -0.1) is 0 Å². The normalized spacial score (nSPS) is 13.8. The monoisotopic (exact) mass is 581 g/mol. The van der Waals surface area contributed by atoms with Crippen LogP contribution in [0.5, 0.6) is 5.75 Å². The maximum atomic E-state index is 14.0. The average Bonchev–Trinajstić information content (AvgIpc) is 2.90. The molecule has 3 rings (SSSR count). The number of amides is 1. The van der Waals surface area contributed by atoms with E-state index in [0.29, 0.717) is 36.3 Å². The fraction of sp³-hybridized carbons (Fsp3) is 0.484. The third-order valence-electron chi connectivity index (χ3n) is 6.87. The third-order valence-corrected chi connectivity index (χ3v) is 6.87. The molecule has 11 nitrogen and oxygen atoms in total. The van der Waals surface area contributed by atoms with Crippen molar-refractivity contribution in [1.29, 1.82) is 0 Å². The Balaban J connectivity index is 2.14. The molecule has 11 heteroatoms. The van der Waals surface area contributed by atoms with Gasteiger partial charge in [-0.25, -0.2) is 9.69 Å². The molecular weight excluding hydrogens is 534 g/mol. The fourth-order valence-electron chi connectivity index (χ4n) is 4.61. The van der Waals surface area contributed by atoms with Crippen molar-refractivity contribution >= 4 is 40.5 Å². The molecule has 2 aromatic rings. The van der Waals surface area contributed by atoms with Crippen LogP contribution in [0.25, 0.3) is 0 Å². The number of aliphatic imine (C=N–C) groups is 1. The van der Waals surface area contributed by atoms with Crippen LogP contribution in [-0.4, -0.2) is 97.2 Å². The van der Waals surface area contributed by atoms with Crippen LogP contribution >= 0.6 is 0 Å². The Kier molecular flexibility index (Phi) is 10.7. The van der Waals surface area contributed by atoms with E-state index in [0.717, 1.165) is 30.2 Å². The highest BCUT2D eigenvalue weighted by Gasteiger charge is 2.34. The summed E-state index contributed by atoms with van der Waals surface area (Å²) in [6.07, 6.45) is 1.18. The van der Waals surface area contributed by atoms with Gasteiger partial charge in [0.2, 0.25) is 5.96 Å². The summed E-state index contributed by atoms with van der Waals surface area (Å²) in [6, 6.07) is 11.6. The first-order valence-corrected chi connectivity index (χ1v) is 14.0. The van der Waals surface area contributed by atoms with Crippen molar-refractivity contribution in [3.63, 3.8) is 0 Å². The fourth-order valence-corrected chi connectivity index (χ4v) is 4.61. The minimum Gasteiger partial charge on any atom is -0.494 e. The van der Waals surface area contributed by atoms with Gasteiger partial charge in [0.05, 0.1) is 54.8 Å². The van der Waals surface area contributed by atoms with Crippen molar-refractivity contribution < 1.29 is 19.0 Å². The van der Waals surface area contributed by atoms with Gasteiger partial charge in [-0.2, -0.15) is 0 Å². The molecule has 1 amide bonds. The summed E-state index contributed by atoms with van der Waals surface area (Å²) < 4.78 is 17.2. The van der Waals surface area contributed by atoms with Crippen molar-refractivity contribution in [2.75, 3.05) is 94.0 Å². The van der Waals surface area contributed by atoms with Crippen molar-refractivity contribution in [2.45, 2.75) is 32.4 Å². The Bertz CT molecular complexity index is 1270. The number of anilines is 5. The molecule has 0 radical (unpaired) electrons. The Morgan fingerprint density at radius 1 is 1.07 bits per heavy atom. The van der Waals surface area contributed by atoms with Gasteiger partial charge in [-0.1, -0.05) is 18.7 Å². The van der Waals surface area contributed by atoms with E-state index < -0.39 is 11.7 Å². The maximum Gasteiger partial charge on any atom is 0.422 e. The molecule has 0 unspecified atom stereocenters. The molecule has 1 heterocycles. The van der Waals surface area contributed by atoms with E-state index in [-0.39, 0.29) is 6.04 Å². The van der Waals surface area contributed by atoms with Crippen LogP contribution in [0.1, 0.15) is 20.8 Å². The molecule has 42 heavy (non-hydrogen) atoms. The van der Waals surface area contributed by atoms with Gasteiger partial charge in [0.15, 0.2) is 0 Å². The van der Waals surface area contributed by atoms with Crippen molar-refractivity contribution in [1.82, 2.24) is 4.90 Å². The van der Waals surface area contributed by atoms with Crippen molar-refractivity contribution in [2.24, 2.45) is 4.99 Å². The number of nitrogens with zero attached hydrogens (tertiary/aromatic N) is 6. The summed E-state index contributed by atoms with van der Waals surface area (Å²) in [5, 5.41) is 0. The number of hydrogen-bond acceptors (Lipinski definition) is 9. The van der Waals surface area contributed by atoms with Gasteiger partial charge in [-0.3, -0.25) is 4.99 Å².